The number of carbonyl (C=O) groups excluding carboxylic acids is 1. The Morgan fingerprint density at radius 2 is 1.82 bits per heavy atom. The van der Waals surface area contributed by atoms with E-state index in [1.54, 1.807) is 11.3 Å². The molecule has 3 N–H and O–H groups in total. The maximum Gasteiger partial charge on any atom is 0.251 e. The summed E-state index contributed by atoms with van der Waals surface area (Å²) in [4.78, 5) is 21.7. The van der Waals surface area contributed by atoms with Crippen molar-refractivity contribution < 1.29 is 9.53 Å². The number of carbonyl (C=O) groups is 1. The number of anilines is 1. The molecule has 164 valence electrons. The first kappa shape index (κ1) is 20.1. The van der Waals surface area contributed by atoms with Gasteiger partial charge in [-0.15, -0.1) is 11.3 Å². The molecule has 2 aromatic heterocycles. The van der Waals surface area contributed by atoms with Crippen LogP contribution in [-0.4, -0.2) is 15.9 Å². The van der Waals surface area contributed by atoms with Crippen LogP contribution in [0.5, 0.6) is 0 Å². The van der Waals surface area contributed by atoms with Crippen LogP contribution in [0.4, 0.5) is 5.82 Å². The zero-order valence-corrected chi connectivity index (χ0v) is 19.1. The highest BCUT2D eigenvalue weighted by Crippen LogP contribution is 2.54. The summed E-state index contributed by atoms with van der Waals surface area (Å²) in [6.07, 6.45) is 1.59. The predicted molar refractivity (Wildman–Crippen MR) is 128 cm³/mol. The van der Waals surface area contributed by atoms with Crippen LogP contribution in [0.1, 0.15) is 61.6 Å². The van der Waals surface area contributed by atoms with Gasteiger partial charge in [0.2, 0.25) is 0 Å². The Labute approximate surface area is 195 Å². The summed E-state index contributed by atoms with van der Waals surface area (Å²) in [6, 6.07) is 14.1. The normalized spacial score (nSPS) is 17.6. The minimum Gasteiger partial charge on any atom is -0.384 e. The molecular formula is C26H22N4O2S. The fraction of sp³-hybridized carbons (Fsp3) is 0.192. The van der Waals surface area contributed by atoms with Crippen LogP contribution in [0.15, 0.2) is 54.0 Å². The number of nitrogens with two attached hydrogens (primary N) is 1. The lowest BCUT2D eigenvalue weighted by atomic mass is 9.84. The van der Waals surface area contributed by atoms with Crippen molar-refractivity contribution in [3.05, 3.63) is 98.7 Å². The van der Waals surface area contributed by atoms with Crippen molar-refractivity contribution in [1.29, 1.82) is 0 Å². The second kappa shape index (κ2) is 7.50. The number of nitrogens with one attached hydrogen (secondary N) is 1. The SMILES string of the molecule is Cc1cc(N)nc(C)c1CNC(=O)c1ccc2c(c1)C1OC2c2cc(-c3nccs3)ccc21. The van der Waals surface area contributed by atoms with Crippen LogP contribution in [0.25, 0.3) is 10.6 Å². The molecule has 2 aliphatic heterocycles. The van der Waals surface area contributed by atoms with Crippen molar-refractivity contribution in [3.8, 4) is 10.6 Å². The Balaban J connectivity index is 1.24. The number of thiazole rings is 1. The molecule has 33 heavy (non-hydrogen) atoms. The van der Waals surface area contributed by atoms with Crippen molar-refractivity contribution in [3.63, 3.8) is 0 Å². The first-order chi connectivity index (χ1) is 16.0. The maximum absolute atomic E-state index is 12.9. The summed E-state index contributed by atoms with van der Waals surface area (Å²) in [5.41, 5.74) is 15.0. The molecule has 1 amide bonds. The lowest BCUT2D eigenvalue weighted by Gasteiger charge is -2.17. The molecule has 4 aromatic rings. The van der Waals surface area contributed by atoms with E-state index in [-0.39, 0.29) is 18.1 Å². The molecule has 0 spiro atoms. The number of ether oxygens (including phenoxy) is 1. The van der Waals surface area contributed by atoms with Crippen molar-refractivity contribution in [2.24, 2.45) is 0 Å². The van der Waals surface area contributed by atoms with Gasteiger partial charge in [-0.25, -0.2) is 9.97 Å². The zero-order valence-electron chi connectivity index (χ0n) is 18.3. The van der Waals surface area contributed by atoms with Gasteiger partial charge in [-0.3, -0.25) is 4.79 Å². The highest BCUT2D eigenvalue weighted by molar-refractivity contribution is 7.13. The highest BCUT2D eigenvalue weighted by Gasteiger charge is 2.43. The number of benzene rings is 2. The number of fused-ring (bicyclic) bond motifs is 8. The Morgan fingerprint density at radius 3 is 2.55 bits per heavy atom. The quantitative estimate of drug-likeness (QED) is 0.460. The standard InChI is InChI=1S/C26H22N4O2S/c1-13-9-22(27)30-14(2)21(13)12-29-25(31)15-3-5-17-19(10-15)23-18-6-4-16(26-28-7-8-33-26)11-20(18)24(17)32-23/h3-11,23-24H,12H2,1-2H3,(H2,27,30)(H,29,31). The minimum absolute atomic E-state index is 0.0943. The summed E-state index contributed by atoms with van der Waals surface area (Å²) < 4.78 is 6.32. The second-order valence-electron chi connectivity index (χ2n) is 8.53. The van der Waals surface area contributed by atoms with Gasteiger partial charge in [0.25, 0.3) is 5.91 Å². The van der Waals surface area contributed by atoms with Gasteiger partial charge in [0.05, 0.1) is 0 Å². The molecule has 0 saturated carbocycles. The summed E-state index contributed by atoms with van der Waals surface area (Å²) in [7, 11) is 0. The monoisotopic (exact) mass is 454 g/mol. The average molecular weight is 455 g/mol. The molecular weight excluding hydrogens is 432 g/mol. The number of pyridine rings is 1. The molecule has 0 aliphatic carbocycles. The van der Waals surface area contributed by atoms with Gasteiger partial charge in [0.1, 0.15) is 23.0 Å². The molecule has 6 rings (SSSR count). The third-order valence-corrected chi connectivity index (χ3v) is 7.34. The molecule has 0 saturated heterocycles. The van der Waals surface area contributed by atoms with Crippen LogP contribution < -0.4 is 11.1 Å². The minimum atomic E-state index is -0.135. The predicted octanol–water partition coefficient (Wildman–Crippen LogP) is 4.86. The zero-order chi connectivity index (χ0) is 22.7. The number of rotatable bonds is 4. The van der Waals surface area contributed by atoms with E-state index in [2.05, 4.69) is 33.5 Å². The molecule has 4 heterocycles. The Morgan fingerprint density at radius 1 is 1.06 bits per heavy atom. The van der Waals surface area contributed by atoms with Crippen LogP contribution in [0.2, 0.25) is 0 Å². The Kier molecular flexibility index (Phi) is 4.57. The van der Waals surface area contributed by atoms with Gasteiger partial charge in [-0.2, -0.15) is 0 Å². The fourth-order valence-corrected chi connectivity index (χ4v) is 5.55. The molecule has 0 fully saturated rings. The molecule has 2 aromatic carbocycles. The van der Waals surface area contributed by atoms with E-state index in [1.807, 2.05) is 49.7 Å². The van der Waals surface area contributed by atoms with Crippen molar-refractivity contribution in [1.82, 2.24) is 15.3 Å². The van der Waals surface area contributed by atoms with Crippen LogP contribution >= 0.6 is 11.3 Å². The summed E-state index contributed by atoms with van der Waals surface area (Å²) in [6.45, 7) is 4.30. The van der Waals surface area contributed by atoms with Crippen molar-refractivity contribution in [2.75, 3.05) is 5.73 Å². The topological polar surface area (TPSA) is 90.1 Å². The third kappa shape index (κ3) is 3.23. The number of aromatic nitrogens is 2. The van der Waals surface area contributed by atoms with E-state index >= 15 is 0 Å². The van der Waals surface area contributed by atoms with Crippen molar-refractivity contribution in [2.45, 2.75) is 32.6 Å². The summed E-state index contributed by atoms with van der Waals surface area (Å²) in [5, 5.41) is 6.02. The number of hydrogen-bond acceptors (Lipinski definition) is 6. The average Bonchev–Trinajstić information content (AvgIpc) is 3.53. The summed E-state index contributed by atoms with van der Waals surface area (Å²) >= 11 is 1.63. The molecule has 2 aliphatic rings. The Hall–Kier alpha value is -3.55. The smallest absolute Gasteiger partial charge is 0.251 e. The largest absolute Gasteiger partial charge is 0.384 e. The van der Waals surface area contributed by atoms with E-state index in [9.17, 15) is 4.79 Å². The van der Waals surface area contributed by atoms with Gasteiger partial charge < -0.3 is 15.8 Å². The number of hydrogen-bond donors (Lipinski definition) is 2. The van der Waals surface area contributed by atoms with Crippen LogP contribution in [0, 0.1) is 13.8 Å². The van der Waals surface area contributed by atoms with E-state index in [0.29, 0.717) is 17.9 Å². The lowest BCUT2D eigenvalue weighted by molar-refractivity contribution is 0.0857. The Bertz CT molecular complexity index is 1390. The van der Waals surface area contributed by atoms with Crippen molar-refractivity contribution >= 4 is 23.1 Å². The highest BCUT2D eigenvalue weighted by atomic mass is 32.1. The number of nitrogen functional groups attached to an aromatic ring is 1. The molecule has 2 bridgehead atoms. The number of amides is 1. The lowest BCUT2D eigenvalue weighted by Crippen LogP contribution is -2.24. The van der Waals surface area contributed by atoms with Gasteiger partial charge in [-0.05, 0) is 71.5 Å². The molecule has 7 heteroatoms. The van der Waals surface area contributed by atoms with E-state index in [4.69, 9.17) is 10.5 Å². The molecule has 2 unspecified atom stereocenters. The molecule has 0 radical (unpaired) electrons. The van der Waals surface area contributed by atoms with E-state index in [1.165, 1.54) is 11.1 Å². The van der Waals surface area contributed by atoms with Crippen LogP contribution in [-0.2, 0) is 11.3 Å². The third-order valence-electron chi connectivity index (χ3n) is 6.52. The van der Waals surface area contributed by atoms with Crippen LogP contribution in [0.3, 0.4) is 0 Å². The summed E-state index contributed by atoms with van der Waals surface area (Å²) in [5.74, 6) is 0.378. The van der Waals surface area contributed by atoms with Gasteiger partial charge in [0.15, 0.2) is 0 Å². The van der Waals surface area contributed by atoms with Gasteiger partial charge in [0, 0.05) is 34.9 Å². The maximum atomic E-state index is 12.9. The number of nitrogens with zero attached hydrogens (tertiary/aromatic N) is 2. The van der Waals surface area contributed by atoms with Gasteiger partial charge in [-0.1, -0.05) is 18.2 Å². The number of aryl methyl sites for hydroxylation is 2. The molecule has 2 atom stereocenters. The van der Waals surface area contributed by atoms with E-state index < -0.39 is 0 Å². The second-order valence-corrected chi connectivity index (χ2v) is 9.43. The fourth-order valence-electron chi connectivity index (χ4n) is 4.91. The van der Waals surface area contributed by atoms with E-state index in [0.717, 1.165) is 38.5 Å². The first-order valence-corrected chi connectivity index (χ1v) is 11.7. The first-order valence-electron chi connectivity index (χ1n) is 10.8. The van der Waals surface area contributed by atoms with Gasteiger partial charge >= 0.3 is 0 Å². The molecule has 6 nitrogen and oxygen atoms in total.